The number of carbonyl (C=O) groups is 2. The van der Waals surface area contributed by atoms with Crippen LogP contribution in [0.15, 0.2) is 41.4 Å². The molecular formula is C19H21F2N3O5. The highest BCUT2D eigenvalue weighted by molar-refractivity contribution is 5.99. The van der Waals surface area contributed by atoms with Crippen LogP contribution in [0.4, 0.5) is 8.78 Å². The summed E-state index contributed by atoms with van der Waals surface area (Å²) in [5, 5.41) is 32.4. The average Bonchev–Trinajstić information content (AvgIpc) is 2.69. The lowest BCUT2D eigenvalue weighted by Crippen LogP contribution is -2.54. The van der Waals surface area contributed by atoms with Gasteiger partial charge in [0, 0.05) is 37.5 Å². The average molecular weight is 409 g/mol. The molecule has 4 N–H and O–H groups in total. The van der Waals surface area contributed by atoms with Crippen molar-refractivity contribution in [2.75, 3.05) is 19.7 Å². The SMILES string of the molecule is C[C@@H](CO)N1CCN2C=C(C(=O)NCc3ccc(F)cc3F)C(O)C(O)=C2C1=O. The van der Waals surface area contributed by atoms with Gasteiger partial charge in [-0.05, 0) is 13.0 Å². The van der Waals surface area contributed by atoms with Crippen molar-refractivity contribution >= 4 is 11.8 Å². The number of halogens is 2. The lowest BCUT2D eigenvalue weighted by atomic mass is 10.00. The van der Waals surface area contributed by atoms with E-state index < -0.39 is 41.4 Å². The number of rotatable bonds is 5. The number of benzene rings is 1. The first kappa shape index (κ1) is 20.7. The number of aliphatic hydroxyl groups is 3. The second-order valence-electron chi connectivity index (χ2n) is 6.86. The normalized spacial score (nSPS) is 20.4. The summed E-state index contributed by atoms with van der Waals surface area (Å²) in [7, 11) is 0. The fraction of sp³-hybridized carbons (Fsp3) is 0.368. The van der Waals surface area contributed by atoms with E-state index in [0.717, 1.165) is 6.07 Å². The maximum absolute atomic E-state index is 13.7. The van der Waals surface area contributed by atoms with E-state index >= 15 is 0 Å². The van der Waals surface area contributed by atoms with Crippen molar-refractivity contribution in [3.8, 4) is 0 Å². The molecule has 0 spiro atoms. The minimum atomic E-state index is -1.74. The predicted octanol–water partition coefficient (Wildman–Crippen LogP) is 0.134. The Balaban J connectivity index is 1.76. The molecule has 0 radical (unpaired) electrons. The maximum atomic E-state index is 13.7. The molecule has 0 aliphatic carbocycles. The van der Waals surface area contributed by atoms with Gasteiger partial charge in [-0.2, -0.15) is 0 Å². The Kier molecular flexibility index (Phi) is 5.85. The third-order valence-corrected chi connectivity index (χ3v) is 4.94. The largest absolute Gasteiger partial charge is 0.507 e. The van der Waals surface area contributed by atoms with Crippen molar-refractivity contribution in [1.29, 1.82) is 0 Å². The summed E-state index contributed by atoms with van der Waals surface area (Å²) in [6.07, 6.45) is -0.484. The number of hydrogen-bond acceptors (Lipinski definition) is 6. The van der Waals surface area contributed by atoms with Gasteiger partial charge in [-0.3, -0.25) is 9.59 Å². The molecule has 10 heteroatoms. The summed E-state index contributed by atoms with van der Waals surface area (Å²) in [4.78, 5) is 27.8. The Hall–Kier alpha value is -2.98. The second kappa shape index (κ2) is 8.18. The Morgan fingerprint density at radius 2 is 2.07 bits per heavy atom. The molecule has 2 heterocycles. The Labute approximate surface area is 165 Å². The lowest BCUT2D eigenvalue weighted by Gasteiger charge is -2.41. The topological polar surface area (TPSA) is 113 Å². The van der Waals surface area contributed by atoms with Gasteiger partial charge in [0.2, 0.25) is 0 Å². The van der Waals surface area contributed by atoms with Gasteiger partial charge in [-0.25, -0.2) is 8.78 Å². The van der Waals surface area contributed by atoms with Crippen LogP contribution in [0.1, 0.15) is 12.5 Å². The summed E-state index contributed by atoms with van der Waals surface area (Å²) >= 11 is 0. The van der Waals surface area contributed by atoms with Gasteiger partial charge in [-0.1, -0.05) is 6.07 Å². The molecule has 3 rings (SSSR count). The Bertz CT molecular complexity index is 902. The van der Waals surface area contributed by atoms with Crippen LogP contribution < -0.4 is 5.32 Å². The van der Waals surface area contributed by atoms with Gasteiger partial charge < -0.3 is 30.4 Å². The van der Waals surface area contributed by atoms with Crippen LogP contribution in [0.25, 0.3) is 0 Å². The number of piperazine rings is 1. The summed E-state index contributed by atoms with van der Waals surface area (Å²) in [6.45, 7) is 1.62. The molecule has 2 aliphatic heterocycles. The summed E-state index contributed by atoms with van der Waals surface area (Å²) in [5.41, 5.74) is -0.330. The van der Waals surface area contributed by atoms with E-state index in [1.54, 1.807) is 6.92 Å². The van der Waals surface area contributed by atoms with Crippen molar-refractivity contribution < 1.29 is 33.7 Å². The zero-order valence-corrected chi connectivity index (χ0v) is 15.6. The first-order valence-electron chi connectivity index (χ1n) is 8.98. The molecule has 0 saturated carbocycles. The van der Waals surface area contributed by atoms with Crippen LogP contribution in [-0.2, 0) is 16.1 Å². The van der Waals surface area contributed by atoms with E-state index in [2.05, 4.69) is 5.32 Å². The molecule has 1 aromatic carbocycles. The van der Waals surface area contributed by atoms with Gasteiger partial charge in [0.15, 0.2) is 5.76 Å². The molecule has 0 bridgehead atoms. The van der Waals surface area contributed by atoms with E-state index in [-0.39, 0.29) is 43.1 Å². The first-order valence-corrected chi connectivity index (χ1v) is 8.98. The molecule has 2 amide bonds. The van der Waals surface area contributed by atoms with Crippen molar-refractivity contribution in [3.05, 3.63) is 58.6 Å². The number of amides is 2. The van der Waals surface area contributed by atoms with Crippen LogP contribution >= 0.6 is 0 Å². The minimum absolute atomic E-state index is 0.0490. The fourth-order valence-electron chi connectivity index (χ4n) is 3.23. The zero-order valence-electron chi connectivity index (χ0n) is 15.6. The van der Waals surface area contributed by atoms with E-state index in [0.29, 0.717) is 6.07 Å². The lowest BCUT2D eigenvalue weighted by molar-refractivity contribution is -0.134. The number of hydrogen-bond donors (Lipinski definition) is 4. The molecule has 1 fully saturated rings. The van der Waals surface area contributed by atoms with Crippen molar-refractivity contribution in [3.63, 3.8) is 0 Å². The number of fused-ring (bicyclic) bond motifs is 1. The van der Waals surface area contributed by atoms with Crippen LogP contribution in [0.2, 0.25) is 0 Å². The summed E-state index contributed by atoms with van der Waals surface area (Å²) < 4.78 is 26.7. The van der Waals surface area contributed by atoms with Crippen LogP contribution in [0.3, 0.4) is 0 Å². The molecule has 2 aliphatic rings. The quantitative estimate of drug-likeness (QED) is 0.550. The molecule has 156 valence electrons. The maximum Gasteiger partial charge on any atom is 0.274 e. The van der Waals surface area contributed by atoms with Gasteiger partial charge in [-0.15, -0.1) is 0 Å². The predicted molar refractivity (Wildman–Crippen MR) is 96.9 cm³/mol. The highest BCUT2D eigenvalue weighted by atomic mass is 19.1. The van der Waals surface area contributed by atoms with Crippen LogP contribution in [0.5, 0.6) is 0 Å². The Morgan fingerprint density at radius 3 is 2.72 bits per heavy atom. The molecule has 2 atom stereocenters. The van der Waals surface area contributed by atoms with Crippen molar-refractivity contribution in [2.24, 2.45) is 0 Å². The number of nitrogens with zero attached hydrogens (tertiary/aromatic N) is 2. The summed E-state index contributed by atoms with van der Waals surface area (Å²) in [6, 6.07) is 2.46. The highest BCUT2D eigenvalue weighted by Crippen LogP contribution is 2.29. The van der Waals surface area contributed by atoms with Gasteiger partial charge >= 0.3 is 0 Å². The van der Waals surface area contributed by atoms with Crippen molar-refractivity contribution in [1.82, 2.24) is 15.1 Å². The molecular weight excluding hydrogens is 388 g/mol. The van der Waals surface area contributed by atoms with E-state index in [9.17, 15) is 33.7 Å². The monoisotopic (exact) mass is 409 g/mol. The third-order valence-electron chi connectivity index (χ3n) is 4.94. The highest BCUT2D eigenvalue weighted by Gasteiger charge is 2.40. The van der Waals surface area contributed by atoms with Crippen LogP contribution in [0, 0.1) is 11.6 Å². The smallest absolute Gasteiger partial charge is 0.274 e. The summed E-state index contributed by atoms with van der Waals surface area (Å²) in [5.74, 6) is -3.59. The number of carbonyl (C=O) groups excluding carboxylic acids is 2. The van der Waals surface area contributed by atoms with E-state index in [4.69, 9.17) is 0 Å². The minimum Gasteiger partial charge on any atom is -0.507 e. The molecule has 1 unspecified atom stereocenters. The molecule has 0 aromatic heterocycles. The third kappa shape index (κ3) is 3.94. The zero-order chi connectivity index (χ0) is 21.3. The van der Waals surface area contributed by atoms with Gasteiger partial charge in [0.1, 0.15) is 23.4 Å². The van der Waals surface area contributed by atoms with E-state index in [1.807, 2.05) is 0 Å². The first-order chi connectivity index (χ1) is 13.7. The number of nitrogens with one attached hydrogen (secondary N) is 1. The van der Waals surface area contributed by atoms with Crippen molar-refractivity contribution in [2.45, 2.75) is 25.6 Å². The molecule has 29 heavy (non-hydrogen) atoms. The standard InChI is InChI=1S/C19H21F2N3O5/c1-10(9-25)24-5-4-23-8-13(16(26)17(27)15(23)19(24)29)18(28)22-7-11-2-3-12(20)6-14(11)21/h2-3,6,8,10,16,25-27H,4-5,7,9H2,1H3,(H,22,28)/t10-,16?/m0/s1. The fourth-order valence-corrected chi connectivity index (χ4v) is 3.23. The number of aliphatic hydroxyl groups excluding tert-OH is 3. The Morgan fingerprint density at radius 1 is 1.34 bits per heavy atom. The van der Waals surface area contributed by atoms with Crippen LogP contribution in [-0.4, -0.2) is 68.8 Å². The van der Waals surface area contributed by atoms with E-state index in [1.165, 1.54) is 22.1 Å². The molecule has 8 nitrogen and oxygen atoms in total. The molecule has 1 saturated heterocycles. The van der Waals surface area contributed by atoms with Gasteiger partial charge in [0.05, 0.1) is 18.2 Å². The second-order valence-corrected chi connectivity index (χ2v) is 6.86. The molecule has 1 aromatic rings. The van der Waals surface area contributed by atoms with Gasteiger partial charge in [0.25, 0.3) is 11.8 Å².